The average molecular weight is 704 g/mol. The van der Waals surface area contributed by atoms with E-state index in [0.717, 1.165) is 11.0 Å². The number of carbonyl (C=O) groups is 1. The van der Waals surface area contributed by atoms with E-state index in [-0.39, 0.29) is 54.9 Å². The zero-order valence-corrected chi connectivity index (χ0v) is 26.5. The zero-order valence-electron chi connectivity index (χ0n) is 24.2. The Morgan fingerprint density at radius 1 is 1.07 bits per heavy atom. The fraction of sp³-hybridized carbons (Fsp3) is 0.300. The molecule has 1 aromatic heterocycles. The minimum absolute atomic E-state index is 0.0321. The highest BCUT2D eigenvalue weighted by Crippen LogP contribution is 2.57. The molecule has 0 spiro atoms. The molecule has 1 fully saturated rings. The molecular formula is C30H25Cl2F5N4O4S. The zero-order chi connectivity index (χ0) is 33.6. The molecule has 8 nitrogen and oxygen atoms in total. The van der Waals surface area contributed by atoms with Crippen molar-refractivity contribution in [1.82, 2.24) is 10.1 Å². The monoisotopic (exact) mass is 702 g/mol. The first-order chi connectivity index (χ1) is 21.5. The van der Waals surface area contributed by atoms with Crippen LogP contribution in [0.15, 0.2) is 57.9 Å². The molecule has 1 amide bonds. The van der Waals surface area contributed by atoms with E-state index in [9.17, 15) is 35.2 Å². The number of nitrogens with one attached hydrogen (secondary N) is 1. The van der Waals surface area contributed by atoms with Crippen LogP contribution < -0.4 is 10.2 Å². The van der Waals surface area contributed by atoms with Crippen LogP contribution in [0.3, 0.4) is 0 Å². The predicted molar refractivity (Wildman–Crippen MR) is 162 cm³/mol. The molecule has 4 aromatic rings. The Morgan fingerprint density at radius 3 is 2.30 bits per heavy atom. The first-order valence-electron chi connectivity index (χ1n) is 13.8. The Bertz CT molecular complexity index is 1910. The number of anilines is 2. The van der Waals surface area contributed by atoms with Crippen molar-refractivity contribution in [3.8, 4) is 11.5 Å². The third-order valence-corrected chi connectivity index (χ3v) is 9.85. The summed E-state index contributed by atoms with van der Waals surface area (Å²) in [5.41, 5.74) is -0.184. The number of hydrogen-bond acceptors (Lipinski definition) is 7. The topological polar surface area (TPSA) is 105 Å². The minimum atomic E-state index is -4.68. The molecule has 3 aromatic carbocycles. The van der Waals surface area contributed by atoms with Crippen molar-refractivity contribution < 1.29 is 39.7 Å². The molecule has 1 aliphatic carbocycles. The highest BCUT2D eigenvalue weighted by Gasteiger charge is 2.52. The molecule has 16 heteroatoms. The van der Waals surface area contributed by atoms with E-state index in [1.54, 1.807) is 0 Å². The van der Waals surface area contributed by atoms with E-state index in [1.165, 1.54) is 50.2 Å². The van der Waals surface area contributed by atoms with Crippen LogP contribution in [0.5, 0.6) is 0 Å². The number of aromatic nitrogens is 2. The molecule has 0 saturated heterocycles. The fourth-order valence-electron chi connectivity index (χ4n) is 5.16. The summed E-state index contributed by atoms with van der Waals surface area (Å²) in [4.78, 5) is 18.1. The van der Waals surface area contributed by atoms with Crippen molar-refractivity contribution in [3.63, 3.8) is 0 Å². The lowest BCUT2D eigenvalue weighted by Gasteiger charge is -2.27. The van der Waals surface area contributed by atoms with Gasteiger partial charge in [0.25, 0.3) is 5.89 Å². The number of nitrogens with zero attached hydrogens (tertiary/aromatic N) is 3. The van der Waals surface area contributed by atoms with Gasteiger partial charge in [-0.1, -0.05) is 35.3 Å². The lowest BCUT2D eigenvalue weighted by Crippen LogP contribution is -2.40. The maximum absolute atomic E-state index is 14.3. The molecule has 0 radical (unpaired) electrons. The Morgan fingerprint density at radius 2 is 1.74 bits per heavy atom. The Balaban J connectivity index is 1.37. The second-order valence-electron chi connectivity index (χ2n) is 10.8. The van der Waals surface area contributed by atoms with Crippen molar-refractivity contribution in [2.24, 2.45) is 0 Å². The van der Waals surface area contributed by atoms with Crippen molar-refractivity contribution in [1.29, 1.82) is 0 Å². The largest absolute Gasteiger partial charge is 0.405 e. The second-order valence-corrected chi connectivity index (χ2v) is 13.9. The Labute approximate surface area is 270 Å². The number of sulfone groups is 1. The van der Waals surface area contributed by atoms with E-state index in [4.69, 9.17) is 27.7 Å². The number of carbonyl (C=O) groups excluding carboxylic acids is 1. The van der Waals surface area contributed by atoms with Crippen molar-refractivity contribution in [3.05, 3.63) is 87.2 Å². The number of alkyl halides is 3. The highest BCUT2D eigenvalue weighted by molar-refractivity contribution is 7.91. The standard InChI is InChI=1S/C30H25Cl2F5N4O4S/c1-3-46(43,44)19-5-7-24(16(2)10-19)41(15-30(35,36)37)14-25(42)38-18-12-21(31)26(22(32)13-18)29(8-9-29)28-39-27(45-40-28)20-6-4-17(33)11-23(20)34/h4-7,10-13H,3,8-9,14-15H2,1-2H3,(H,38,42). The molecule has 0 atom stereocenters. The van der Waals surface area contributed by atoms with Crippen LogP contribution in [-0.4, -0.2) is 49.5 Å². The van der Waals surface area contributed by atoms with Gasteiger partial charge in [0.1, 0.15) is 18.2 Å². The molecule has 1 saturated carbocycles. The molecule has 1 N–H and O–H groups in total. The van der Waals surface area contributed by atoms with Crippen LogP contribution >= 0.6 is 23.2 Å². The van der Waals surface area contributed by atoms with Crippen LogP contribution in [-0.2, 0) is 20.0 Å². The summed E-state index contributed by atoms with van der Waals surface area (Å²) in [5.74, 6) is -2.66. The van der Waals surface area contributed by atoms with E-state index in [1.807, 2.05) is 0 Å². The van der Waals surface area contributed by atoms with Gasteiger partial charge in [0.15, 0.2) is 15.7 Å². The minimum Gasteiger partial charge on any atom is -0.353 e. The van der Waals surface area contributed by atoms with Gasteiger partial charge in [-0.2, -0.15) is 18.2 Å². The van der Waals surface area contributed by atoms with Gasteiger partial charge in [0.05, 0.1) is 28.2 Å². The summed E-state index contributed by atoms with van der Waals surface area (Å²) in [6.45, 7) is 0.708. The number of aryl methyl sites for hydroxylation is 1. The van der Waals surface area contributed by atoms with Gasteiger partial charge in [0.2, 0.25) is 5.91 Å². The van der Waals surface area contributed by atoms with Crippen molar-refractivity contribution >= 4 is 50.3 Å². The molecule has 0 aliphatic heterocycles. The van der Waals surface area contributed by atoms with Crippen LogP contribution in [0.1, 0.15) is 36.7 Å². The lowest BCUT2D eigenvalue weighted by atomic mass is 9.94. The van der Waals surface area contributed by atoms with Gasteiger partial charge < -0.3 is 14.7 Å². The van der Waals surface area contributed by atoms with Gasteiger partial charge in [-0.05, 0) is 67.8 Å². The summed E-state index contributed by atoms with van der Waals surface area (Å²) >= 11 is 13.2. The van der Waals surface area contributed by atoms with Crippen molar-refractivity contribution in [2.45, 2.75) is 43.2 Å². The molecule has 5 rings (SSSR count). The lowest BCUT2D eigenvalue weighted by molar-refractivity contribution is -0.122. The molecule has 1 aliphatic rings. The summed E-state index contributed by atoms with van der Waals surface area (Å²) < 4.78 is 97.9. The Hall–Kier alpha value is -3.75. The van der Waals surface area contributed by atoms with Gasteiger partial charge in [-0.3, -0.25) is 4.79 Å². The molecule has 0 unspecified atom stereocenters. The van der Waals surface area contributed by atoms with Crippen LogP contribution in [0.2, 0.25) is 10.0 Å². The summed E-state index contributed by atoms with van der Waals surface area (Å²) in [6, 6.07) is 9.38. The predicted octanol–water partition coefficient (Wildman–Crippen LogP) is 7.51. The highest BCUT2D eigenvalue weighted by atomic mass is 35.5. The molecule has 244 valence electrons. The summed E-state index contributed by atoms with van der Waals surface area (Å²) in [6.07, 6.45) is -3.66. The molecular weight excluding hydrogens is 678 g/mol. The number of rotatable bonds is 10. The van der Waals surface area contributed by atoms with Crippen molar-refractivity contribution in [2.75, 3.05) is 29.1 Å². The smallest absolute Gasteiger partial charge is 0.353 e. The molecule has 46 heavy (non-hydrogen) atoms. The summed E-state index contributed by atoms with van der Waals surface area (Å²) in [5, 5.41) is 6.70. The number of amides is 1. The normalized spacial score (nSPS) is 14.3. The van der Waals surface area contributed by atoms with Gasteiger partial charge in [-0.15, -0.1) is 0 Å². The van der Waals surface area contributed by atoms with Crippen LogP contribution in [0.4, 0.5) is 33.3 Å². The first kappa shape index (κ1) is 33.6. The number of benzene rings is 3. The molecule has 1 heterocycles. The number of hydrogen-bond donors (Lipinski definition) is 1. The van der Waals surface area contributed by atoms with E-state index in [0.29, 0.717) is 24.5 Å². The SMILES string of the molecule is CCS(=O)(=O)c1ccc(N(CC(=O)Nc2cc(Cl)c(C3(c4noc(-c5ccc(F)cc5F)n4)CC3)c(Cl)c2)CC(F)(F)F)c(C)c1. The third kappa shape index (κ3) is 6.98. The van der Waals surface area contributed by atoms with Gasteiger partial charge in [0, 0.05) is 33.0 Å². The second kappa shape index (κ2) is 12.5. The first-order valence-corrected chi connectivity index (χ1v) is 16.2. The summed E-state index contributed by atoms with van der Waals surface area (Å²) in [7, 11) is -3.60. The fourth-order valence-corrected chi connectivity index (χ4v) is 6.98. The van der Waals surface area contributed by atoms with E-state index < -0.39 is 52.1 Å². The third-order valence-electron chi connectivity index (χ3n) is 7.52. The van der Waals surface area contributed by atoms with E-state index in [2.05, 4.69) is 15.5 Å². The number of halogens is 7. The maximum Gasteiger partial charge on any atom is 0.405 e. The quantitative estimate of drug-likeness (QED) is 0.171. The van der Waals surface area contributed by atoms with Gasteiger partial charge in [-0.25, -0.2) is 17.2 Å². The van der Waals surface area contributed by atoms with Crippen LogP contribution in [0, 0.1) is 18.6 Å². The van der Waals surface area contributed by atoms with E-state index >= 15 is 0 Å². The van der Waals surface area contributed by atoms with Crippen LogP contribution in [0.25, 0.3) is 11.5 Å². The Kier molecular flexibility index (Phi) is 9.10. The maximum atomic E-state index is 14.3. The average Bonchev–Trinajstić information content (AvgIpc) is 3.58. The molecule has 0 bridgehead atoms. The van der Waals surface area contributed by atoms with Gasteiger partial charge >= 0.3 is 6.18 Å².